The van der Waals surface area contributed by atoms with E-state index in [0.29, 0.717) is 23.3 Å². The molecule has 0 saturated heterocycles. The van der Waals surface area contributed by atoms with Crippen molar-refractivity contribution in [3.05, 3.63) is 40.3 Å². The first kappa shape index (κ1) is 13.8. The number of amidine groups is 1. The quantitative estimate of drug-likeness (QED) is 0.859. The molecule has 3 aliphatic heterocycles. The first-order valence-electron chi connectivity index (χ1n) is 7.05. The molecule has 22 heavy (non-hydrogen) atoms. The number of hydrogen-bond donors (Lipinski definition) is 1. The average Bonchev–Trinajstić information content (AvgIpc) is 3.16. The van der Waals surface area contributed by atoms with E-state index in [0.717, 1.165) is 23.6 Å². The van der Waals surface area contributed by atoms with Crippen LogP contribution in [0.15, 0.2) is 44.7 Å². The monoisotopic (exact) mass is 332 g/mol. The fourth-order valence-electron chi connectivity index (χ4n) is 2.70. The molecule has 3 heterocycles. The smallest absolute Gasteiger partial charge is 0.240 e. The third-order valence-corrected chi connectivity index (χ3v) is 5.25. The summed E-state index contributed by atoms with van der Waals surface area (Å²) in [5, 5.41) is 2.75. The number of thioether (sulfide) groups is 1. The third kappa shape index (κ3) is 2.32. The van der Waals surface area contributed by atoms with Gasteiger partial charge in [-0.05, 0) is 18.6 Å². The Hall–Kier alpha value is -1.79. The zero-order valence-corrected chi connectivity index (χ0v) is 13.2. The fourth-order valence-corrected chi connectivity index (χ4v) is 3.93. The van der Waals surface area contributed by atoms with Crippen LogP contribution in [0.3, 0.4) is 0 Å². The highest BCUT2D eigenvalue weighted by Crippen LogP contribution is 2.35. The molecule has 3 aliphatic rings. The molecular weight excluding hydrogens is 320 g/mol. The summed E-state index contributed by atoms with van der Waals surface area (Å²) in [6, 6.07) is 7.84. The van der Waals surface area contributed by atoms with Crippen LogP contribution in [-0.2, 0) is 4.79 Å². The second-order valence-electron chi connectivity index (χ2n) is 5.15. The van der Waals surface area contributed by atoms with E-state index in [1.165, 1.54) is 11.8 Å². The molecule has 7 heteroatoms. The molecule has 0 saturated carbocycles. The van der Waals surface area contributed by atoms with Crippen LogP contribution in [0.5, 0.6) is 0 Å². The van der Waals surface area contributed by atoms with Gasteiger partial charge in [0.05, 0.1) is 21.8 Å². The standard InChI is InChI=1S/C15H13ClN4OS/c16-12-6-5-11(22-12)14(21)19-15-18-10-4-2-1-3-9(10)13-17-7-8-20(13)15/h1-4,6,11H,5,7-8H2,(H,18,19,21). The van der Waals surface area contributed by atoms with Crippen molar-refractivity contribution in [2.45, 2.75) is 11.7 Å². The first-order valence-corrected chi connectivity index (χ1v) is 8.31. The Kier molecular flexibility index (Phi) is 3.43. The molecule has 0 fully saturated rings. The van der Waals surface area contributed by atoms with Gasteiger partial charge in [0.1, 0.15) is 5.84 Å². The van der Waals surface area contributed by atoms with Crippen molar-refractivity contribution in [2.75, 3.05) is 13.1 Å². The highest BCUT2D eigenvalue weighted by Gasteiger charge is 2.32. The minimum atomic E-state index is -0.185. The number of rotatable bonds is 1. The lowest BCUT2D eigenvalue weighted by atomic mass is 10.1. The lowest BCUT2D eigenvalue weighted by Gasteiger charge is -2.27. The Morgan fingerprint density at radius 2 is 2.27 bits per heavy atom. The molecule has 1 aromatic rings. The number of fused-ring (bicyclic) bond motifs is 3. The Labute approximate surface area is 137 Å². The number of para-hydroxylation sites is 1. The minimum absolute atomic E-state index is 0.0683. The lowest BCUT2D eigenvalue weighted by Crippen LogP contribution is -2.49. The van der Waals surface area contributed by atoms with Gasteiger partial charge in [0.25, 0.3) is 0 Å². The van der Waals surface area contributed by atoms with Gasteiger partial charge in [-0.3, -0.25) is 20.0 Å². The van der Waals surface area contributed by atoms with E-state index in [1.54, 1.807) is 0 Å². The number of amides is 1. The van der Waals surface area contributed by atoms with Crippen molar-refractivity contribution in [2.24, 2.45) is 9.98 Å². The molecule has 1 N–H and O–H groups in total. The summed E-state index contributed by atoms with van der Waals surface area (Å²) < 4.78 is 0.680. The second-order valence-corrected chi connectivity index (χ2v) is 7.03. The maximum atomic E-state index is 12.4. The fraction of sp³-hybridized carbons (Fsp3) is 0.267. The van der Waals surface area contributed by atoms with Gasteiger partial charge in [0.15, 0.2) is 0 Å². The molecule has 1 unspecified atom stereocenters. The van der Waals surface area contributed by atoms with Gasteiger partial charge in [-0.15, -0.1) is 11.8 Å². The van der Waals surface area contributed by atoms with Gasteiger partial charge in [-0.2, -0.15) is 0 Å². The van der Waals surface area contributed by atoms with E-state index in [2.05, 4.69) is 15.3 Å². The molecule has 1 amide bonds. The first-order chi connectivity index (χ1) is 10.7. The van der Waals surface area contributed by atoms with E-state index < -0.39 is 0 Å². The summed E-state index contributed by atoms with van der Waals surface area (Å²) in [5.41, 5.74) is 1.85. The Morgan fingerprint density at radius 3 is 3.09 bits per heavy atom. The summed E-state index contributed by atoms with van der Waals surface area (Å²) in [6.07, 6.45) is 2.53. The molecule has 112 valence electrons. The zero-order chi connectivity index (χ0) is 15.1. The van der Waals surface area contributed by atoms with Crippen LogP contribution in [-0.4, -0.2) is 40.9 Å². The maximum absolute atomic E-state index is 12.4. The van der Waals surface area contributed by atoms with Crippen molar-refractivity contribution in [1.29, 1.82) is 0 Å². The predicted octanol–water partition coefficient (Wildman–Crippen LogP) is 2.45. The van der Waals surface area contributed by atoms with Gasteiger partial charge in [0.2, 0.25) is 11.9 Å². The lowest BCUT2D eigenvalue weighted by molar-refractivity contribution is -0.119. The second kappa shape index (κ2) is 5.44. The molecule has 0 radical (unpaired) electrons. The maximum Gasteiger partial charge on any atom is 0.240 e. The van der Waals surface area contributed by atoms with Crippen molar-refractivity contribution in [3.8, 4) is 0 Å². The van der Waals surface area contributed by atoms with Gasteiger partial charge < -0.3 is 0 Å². The van der Waals surface area contributed by atoms with E-state index in [4.69, 9.17) is 11.6 Å². The third-order valence-electron chi connectivity index (χ3n) is 3.74. The molecule has 1 aromatic carbocycles. The van der Waals surface area contributed by atoms with E-state index in [9.17, 15) is 4.79 Å². The number of aliphatic imine (C=N–C) groups is 2. The molecule has 0 spiro atoms. The number of hydrogen-bond acceptors (Lipinski definition) is 5. The Morgan fingerprint density at radius 1 is 1.41 bits per heavy atom. The van der Waals surface area contributed by atoms with Crippen LogP contribution in [0.1, 0.15) is 12.0 Å². The van der Waals surface area contributed by atoms with Crippen molar-refractivity contribution in [3.63, 3.8) is 0 Å². The topological polar surface area (TPSA) is 57.1 Å². The van der Waals surface area contributed by atoms with Crippen molar-refractivity contribution < 1.29 is 4.79 Å². The summed E-state index contributed by atoms with van der Waals surface area (Å²) in [5.74, 6) is 1.38. The predicted molar refractivity (Wildman–Crippen MR) is 89.7 cm³/mol. The molecule has 5 nitrogen and oxygen atoms in total. The van der Waals surface area contributed by atoms with Crippen LogP contribution in [0.2, 0.25) is 0 Å². The van der Waals surface area contributed by atoms with Crippen molar-refractivity contribution in [1.82, 2.24) is 10.2 Å². The summed E-state index contributed by atoms with van der Waals surface area (Å²) in [6.45, 7) is 1.45. The number of halogens is 1. The van der Waals surface area contributed by atoms with Crippen LogP contribution >= 0.6 is 23.4 Å². The number of benzene rings is 1. The number of nitrogens with one attached hydrogen (secondary N) is 1. The van der Waals surface area contributed by atoms with Gasteiger partial charge in [-0.1, -0.05) is 29.8 Å². The molecule has 0 aliphatic carbocycles. The number of carbonyl (C=O) groups excluding carboxylic acids is 1. The summed E-state index contributed by atoms with van der Waals surface area (Å²) in [7, 11) is 0. The van der Waals surface area contributed by atoms with Crippen LogP contribution in [0.4, 0.5) is 5.69 Å². The highest BCUT2D eigenvalue weighted by molar-refractivity contribution is 8.06. The molecule has 1 atom stereocenters. The summed E-state index contributed by atoms with van der Waals surface area (Å²) in [4.78, 5) is 23.5. The van der Waals surface area contributed by atoms with E-state index >= 15 is 0 Å². The number of allylic oxidation sites excluding steroid dienone is 1. The normalized spacial score (nSPS) is 22.5. The summed E-state index contributed by atoms with van der Waals surface area (Å²) >= 11 is 7.32. The molecule has 0 aromatic heterocycles. The SMILES string of the molecule is O=C(NC1=Nc2ccccc2C2=NCCN12)C1CC=C(Cl)S1. The molecule has 0 bridgehead atoms. The highest BCUT2D eigenvalue weighted by atomic mass is 35.5. The number of carbonyl (C=O) groups is 1. The largest absolute Gasteiger partial charge is 0.295 e. The van der Waals surface area contributed by atoms with Crippen molar-refractivity contribution >= 4 is 46.8 Å². The van der Waals surface area contributed by atoms with Gasteiger partial charge in [-0.25, -0.2) is 4.99 Å². The Bertz CT molecular complexity index is 743. The number of nitrogens with zero attached hydrogens (tertiary/aromatic N) is 3. The average molecular weight is 333 g/mol. The van der Waals surface area contributed by atoms with E-state index in [1.807, 2.05) is 35.2 Å². The number of guanidine groups is 1. The molecular formula is C15H13ClN4OS. The van der Waals surface area contributed by atoms with Crippen LogP contribution in [0, 0.1) is 0 Å². The van der Waals surface area contributed by atoms with E-state index in [-0.39, 0.29) is 11.2 Å². The van der Waals surface area contributed by atoms with Crippen LogP contribution in [0.25, 0.3) is 0 Å². The zero-order valence-electron chi connectivity index (χ0n) is 11.6. The van der Waals surface area contributed by atoms with Gasteiger partial charge in [0, 0.05) is 12.1 Å². The molecule has 4 rings (SSSR count). The minimum Gasteiger partial charge on any atom is -0.295 e. The Balaban J connectivity index is 1.61. The van der Waals surface area contributed by atoms with Gasteiger partial charge >= 0.3 is 0 Å². The van der Waals surface area contributed by atoms with Crippen LogP contribution < -0.4 is 5.32 Å².